The maximum absolute atomic E-state index is 11.3. The zero-order chi connectivity index (χ0) is 13.1. The summed E-state index contributed by atoms with van der Waals surface area (Å²) in [5.41, 5.74) is 13.1. The number of carbonyl (C=O) groups is 1. The van der Waals surface area contributed by atoms with Crippen molar-refractivity contribution in [3.05, 3.63) is 28.8 Å². The number of piperidine rings is 1. The minimum Gasteiger partial charge on any atom is -0.369 e. The molecule has 0 saturated carbocycles. The van der Waals surface area contributed by atoms with Gasteiger partial charge in [0, 0.05) is 19.6 Å². The standard InChI is InChI=1S/C13H18ClN3O/c14-11-5-1-3-9(7-15)12(11)17-6-2-4-10(8-17)13(16)18/h1,3,5,10H,2,4,6-8,15H2,(H2,16,18). The molecule has 1 saturated heterocycles. The lowest BCUT2D eigenvalue weighted by molar-refractivity contribution is -0.122. The van der Waals surface area contributed by atoms with Crippen LogP contribution >= 0.6 is 11.6 Å². The fourth-order valence-corrected chi connectivity index (χ4v) is 2.80. The van der Waals surface area contributed by atoms with Gasteiger partial charge in [0.1, 0.15) is 0 Å². The average Bonchev–Trinajstić information content (AvgIpc) is 2.38. The van der Waals surface area contributed by atoms with Gasteiger partial charge in [-0.1, -0.05) is 23.7 Å². The summed E-state index contributed by atoms with van der Waals surface area (Å²) in [6.07, 6.45) is 1.80. The van der Waals surface area contributed by atoms with Crippen LogP contribution in [0.15, 0.2) is 18.2 Å². The first-order chi connectivity index (χ1) is 8.63. The van der Waals surface area contributed by atoms with Gasteiger partial charge in [0.2, 0.25) is 5.91 Å². The SMILES string of the molecule is NCc1cccc(Cl)c1N1CCCC(C(N)=O)C1. The average molecular weight is 268 g/mol. The van der Waals surface area contributed by atoms with Gasteiger partial charge >= 0.3 is 0 Å². The van der Waals surface area contributed by atoms with E-state index in [9.17, 15) is 4.79 Å². The lowest BCUT2D eigenvalue weighted by Gasteiger charge is -2.34. The number of amides is 1. The van der Waals surface area contributed by atoms with Gasteiger partial charge in [-0.3, -0.25) is 4.79 Å². The third kappa shape index (κ3) is 2.60. The fraction of sp³-hybridized carbons (Fsp3) is 0.462. The number of nitrogens with zero attached hydrogens (tertiary/aromatic N) is 1. The molecule has 1 unspecified atom stereocenters. The molecule has 1 aromatic rings. The number of anilines is 1. The molecule has 4 nitrogen and oxygen atoms in total. The van der Waals surface area contributed by atoms with Crippen molar-refractivity contribution >= 4 is 23.2 Å². The minimum absolute atomic E-state index is 0.0966. The van der Waals surface area contributed by atoms with Crippen LogP contribution in [0.1, 0.15) is 18.4 Å². The first-order valence-corrected chi connectivity index (χ1v) is 6.53. The summed E-state index contributed by atoms with van der Waals surface area (Å²) in [7, 11) is 0. The summed E-state index contributed by atoms with van der Waals surface area (Å²) in [5, 5.41) is 0.683. The minimum atomic E-state index is -0.235. The number of primary amides is 1. The molecule has 0 aromatic heterocycles. The van der Waals surface area contributed by atoms with Crippen molar-refractivity contribution in [1.29, 1.82) is 0 Å². The number of hydrogen-bond acceptors (Lipinski definition) is 3. The van der Waals surface area contributed by atoms with Crippen LogP contribution in [0.3, 0.4) is 0 Å². The van der Waals surface area contributed by atoms with Crippen molar-refractivity contribution in [2.24, 2.45) is 17.4 Å². The number of hydrogen-bond donors (Lipinski definition) is 2. The summed E-state index contributed by atoms with van der Waals surface area (Å²) in [5.74, 6) is -0.332. The molecule has 1 atom stereocenters. The maximum Gasteiger partial charge on any atom is 0.222 e. The van der Waals surface area contributed by atoms with Crippen molar-refractivity contribution in [2.75, 3.05) is 18.0 Å². The largest absolute Gasteiger partial charge is 0.369 e. The van der Waals surface area contributed by atoms with Gasteiger partial charge in [0.05, 0.1) is 16.6 Å². The zero-order valence-electron chi connectivity index (χ0n) is 10.2. The number of benzene rings is 1. The van der Waals surface area contributed by atoms with E-state index in [2.05, 4.69) is 4.90 Å². The summed E-state index contributed by atoms with van der Waals surface area (Å²) < 4.78 is 0. The Morgan fingerprint density at radius 1 is 1.50 bits per heavy atom. The second-order valence-electron chi connectivity index (χ2n) is 4.64. The Bertz CT molecular complexity index is 450. The number of halogens is 1. The van der Waals surface area contributed by atoms with Crippen molar-refractivity contribution < 1.29 is 4.79 Å². The lowest BCUT2D eigenvalue weighted by atomic mass is 9.96. The van der Waals surface area contributed by atoms with Crippen molar-refractivity contribution in [3.63, 3.8) is 0 Å². The number of carbonyl (C=O) groups excluding carboxylic acids is 1. The van der Waals surface area contributed by atoms with Gasteiger partial charge in [-0.15, -0.1) is 0 Å². The van der Waals surface area contributed by atoms with Gasteiger partial charge in [-0.25, -0.2) is 0 Å². The van der Waals surface area contributed by atoms with E-state index < -0.39 is 0 Å². The van der Waals surface area contributed by atoms with Gasteiger partial charge in [-0.05, 0) is 24.5 Å². The summed E-state index contributed by atoms with van der Waals surface area (Å²) in [6, 6.07) is 5.71. The van der Waals surface area contributed by atoms with Crippen LogP contribution in [0.4, 0.5) is 5.69 Å². The third-order valence-corrected chi connectivity index (χ3v) is 3.74. The maximum atomic E-state index is 11.3. The molecule has 5 heteroatoms. The Hall–Kier alpha value is -1.26. The van der Waals surface area contributed by atoms with Crippen molar-refractivity contribution in [3.8, 4) is 0 Å². The Labute approximate surface area is 112 Å². The van der Waals surface area contributed by atoms with Crippen LogP contribution < -0.4 is 16.4 Å². The van der Waals surface area contributed by atoms with Gasteiger partial charge in [-0.2, -0.15) is 0 Å². The van der Waals surface area contributed by atoms with E-state index in [1.165, 1.54) is 0 Å². The smallest absolute Gasteiger partial charge is 0.222 e. The normalized spacial score (nSPS) is 19.9. The first-order valence-electron chi connectivity index (χ1n) is 6.15. The first kappa shape index (κ1) is 13.2. The number of para-hydroxylation sites is 1. The Balaban J connectivity index is 2.28. The quantitative estimate of drug-likeness (QED) is 0.872. The lowest BCUT2D eigenvalue weighted by Crippen LogP contribution is -2.41. The van der Waals surface area contributed by atoms with E-state index in [4.69, 9.17) is 23.1 Å². The molecule has 0 spiro atoms. The van der Waals surface area contributed by atoms with E-state index in [1.807, 2.05) is 18.2 Å². The van der Waals surface area contributed by atoms with E-state index in [0.29, 0.717) is 18.1 Å². The van der Waals surface area contributed by atoms with Gasteiger partial charge in [0.25, 0.3) is 0 Å². The monoisotopic (exact) mass is 267 g/mol. The second kappa shape index (κ2) is 5.59. The van der Waals surface area contributed by atoms with Crippen molar-refractivity contribution in [2.45, 2.75) is 19.4 Å². The fourth-order valence-electron chi connectivity index (χ4n) is 2.49. The summed E-state index contributed by atoms with van der Waals surface area (Å²) >= 11 is 6.26. The van der Waals surface area contributed by atoms with Crippen LogP contribution in [-0.2, 0) is 11.3 Å². The van der Waals surface area contributed by atoms with E-state index in [1.54, 1.807) is 0 Å². The van der Waals surface area contributed by atoms with Crippen LogP contribution in [0.2, 0.25) is 5.02 Å². The van der Waals surface area contributed by atoms with Crippen LogP contribution in [0, 0.1) is 5.92 Å². The zero-order valence-corrected chi connectivity index (χ0v) is 11.0. The second-order valence-corrected chi connectivity index (χ2v) is 5.05. The summed E-state index contributed by atoms with van der Waals surface area (Å²) in [4.78, 5) is 13.4. The molecule has 2 rings (SSSR count). The molecule has 0 aliphatic carbocycles. The Morgan fingerprint density at radius 2 is 2.28 bits per heavy atom. The molecule has 1 heterocycles. The molecule has 1 fully saturated rings. The highest BCUT2D eigenvalue weighted by atomic mass is 35.5. The highest BCUT2D eigenvalue weighted by molar-refractivity contribution is 6.33. The number of nitrogens with two attached hydrogens (primary N) is 2. The Morgan fingerprint density at radius 3 is 2.94 bits per heavy atom. The van der Waals surface area contributed by atoms with E-state index in [-0.39, 0.29) is 11.8 Å². The van der Waals surface area contributed by atoms with E-state index in [0.717, 1.165) is 30.6 Å². The third-order valence-electron chi connectivity index (χ3n) is 3.43. The molecule has 18 heavy (non-hydrogen) atoms. The molecule has 4 N–H and O–H groups in total. The molecule has 1 aromatic carbocycles. The molecule has 0 bridgehead atoms. The highest BCUT2D eigenvalue weighted by Crippen LogP contribution is 2.32. The molecule has 1 aliphatic rings. The van der Waals surface area contributed by atoms with Gasteiger partial charge in [0.15, 0.2) is 0 Å². The van der Waals surface area contributed by atoms with Crippen molar-refractivity contribution in [1.82, 2.24) is 0 Å². The van der Waals surface area contributed by atoms with E-state index >= 15 is 0 Å². The topological polar surface area (TPSA) is 72.3 Å². The molecular formula is C13H18ClN3O. The molecule has 0 radical (unpaired) electrons. The molecule has 98 valence electrons. The predicted octanol–water partition coefficient (Wildman–Crippen LogP) is 1.50. The highest BCUT2D eigenvalue weighted by Gasteiger charge is 2.26. The van der Waals surface area contributed by atoms with Crippen LogP contribution in [0.25, 0.3) is 0 Å². The number of rotatable bonds is 3. The molecular weight excluding hydrogens is 250 g/mol. The molecule has 1 amide bonds. The van der Waals surface area contributed by atoms with Crippen LogP contribution in [-0.4, -0.2) is 19.0 Å². The van der Waals surface area contributed by atoms with Crippen LogP contribution in [0.5, 0.6) is 0 Å². The Kier molecular flexibility index (Phi) is 4.09. The molecule has 1 aliphatic heterocycles. The predicted molar refractivity (Wildman–Crippen MR) is 73.5 cm³/mol. The van der Waals surface area contributed by atoms with Gasteiger partial charge < -0.3 is 16.4 Å². The summed E-state index contributed by atoms with van der Waals surface area (Å²) in [6.45, 7) is 1.96.